The third-order valence-corrected chi connectivity index (χ3v) is 3.08. The molecule has 0 radical (unpaired) electrons. The molecule has 0 heterocycles. The second-order valence-corrected chi connectivity index (χ2v) is 4.75. The first-order valence-electron chi connectivity index (χ1n) is 7.65. The van der Waals surface area contributed by atoms with Crippen molar-refractivity contribution in [2.45, 2.75) is 13.8 Å². The maximum atomic E-state index is 12.1. The molecule has 0 aliphatic carbocycles. The molecule has 0 aliphatic rings. The molecule has 2 aromatic rings. The van der Waals surface area contributed by atoms with E-state index in [2.05, 4.69) is 5.16 Å². The lowest BCUT2D eigenvalue weighted by molar-refractivity contribution is 0.0515. The van der Waals surface area contributed by atoms with Crippen LogP contribution in [0.2, 0.25) is 0 Å². The number of amidine groups is 1. The van der Waals surface area contributed by atoms with E-state index in [-0.39, 0.29) is 5.84 Å². The van der Waals surface area contributed by atoms with Gasteiger partial charge >= 0.3 is 5.97 Å². The second-order valence-electron chi connectivity index (χ2n) is 4.75. The first-order chi connectivity index (χ1) is 11.7. The van der Waals surface area contributed by atoms with E-state index in [0.717, 1.165) is 0 Å². The first-order valence-corrected chi connectivity index (χ1v) is 7.65. The van der Waals surface area contributed by atoms with Gasteiger partial charge < -0.3 is 20.0 Å². The van der Waals surface area contributed by atoms with E-state index in [1.165, 1.54) is 0 Å². The number of nitrogens with zero attached hydrogens (tertiary/aromatic N) is 1. The highest BCUT2D eigenvalue weighted by Crippen LogP contribution is 2.28. The van der Waals surface area contributed by atoms with Crippen molar-refractivity contribution < 1.29 is 19.1 Å². The van der Waals surface area contributed by atoms with Gasteiger partial charge in [-0.15, -0.1) is 0 Å². The second kappa shape index (κ2) is 8.57. The standard InChI is InChI=1S/C18H20N2O4/c1-3-22-15-11-10-14(12-16(15)23-4-2)18(21)24-20-17(19)13-8-6-5-7-9-13/h5-12H,3-4H2,1-2H3,(H2,19,20). The molecular weight excluding hydrogens is 308 g/mol. The Morgan fingerprint density at radius 2 is 1.62 bits per heavy atom. The number of benzene rings is 2. The fourth-order valence-electron chi connectivity index (χ4n) is 1.98. The quantitative estimate of drug-likeness (QED) is 0.366. The van der Waals surface area contributed by atoms with Crippen molar-refractivity contribution in [1.29, 1.82) is 0 Å². The van der Waals surface area contributed by atoms with E-state index in [0.29, 0.717) is 35.8 Å². The molecule has 0 saturated carbocycles. The average molecular weight is 328 g/mol. The van der Waals surface area contributed by atoms with Crippen LogP contribution in [0.3, 0.4) is 0 Å². The summed E-state index contributed by atoms with van der Waals surface area (Å²) in [7, 11) is 0. The van der Waals surface area contributed by atoms with E-state index in [9.17, 15) is 4.79 Å². The summed E-state index contributed by atoms with van der Waals surface area (Å²) in [6.07, 6.45) is 0. The smallest absolute Gasteiger partial charge is 0.365 e. The van der Waals surface area contributed by atoms with Crippen molar-refractivity contribution in [3.63, 3.8) is 0 Å². The van der Waals surface area contributed by atoms with E-state index >= 15 is 0 Å². The lowest BCUT2D eigenvalue weighted by Gasteiger charge is -2.11. The monoisotopic (exact) mass is 328 g/mol. The summed E-state index contributed by atoms with van der Waals surface area (Å²) in [6.45, 7) is 4.68. The molecule has 0 bridgehead atoms. The Labute approximate surface area is 140 Å². The van der Waals surface area contributed by atoms with Gasteiger partial charge in [-0.3, -0.25) is 0 Å². The number of oxime groups is 1. The van der Waals surface area contributed by atoms with Crippen LogP contribution in [-0.4, -0.2) is 25.0 Å². The Kier molecular flexibility index (Phi) is 6.19. The van der Waals surface area contributed by atoms with E-state index < -0.39 is 5.97 Å². The normalized spacial score (nSPS) is 11.0. The predicted molar refractivity (Wildman–Crippen MR) is 91.4 cm³/mol. The highest BCUT2D eigenvalue weighted by Gasteiger charge is 2.13. The molecule has 0 saturated heterocycles. The van der Waals surface area contributed by atoms with Gasteiger partial charge in [0.2, 0.25) is 0 Å². The maximum absolute atomic E-state index is 12.1. The molecule has 0 spiro atoms. The van der Waals surface area contributed by atoms with Gasteiger partial charge in [0.25, 0.3) is 0 Å². The number of rotatable bonds is 7. The van der Waals surface area contributed by atoms with E-state index in [1.54, 1.807) is 30.3 Å². The van der Waals surface area contributed by atoms with Gasteiger partial charge in [0, 0.05) is 5.56 Å². The molecule has 0 amide bonds. The van der Waals surface area contributed by atoms with Crippen LogP contribution in [0.15, 0.2) is 53.7 Å². The van der Waals surface area contributed by atoms with Crippen LogP contribution in [0.4, 0.5) is 0 Å². The van der Waals surface area contributed by atoms with Gasteiger partial charge in [-0.25, -0.2) is 4.79 Å². The van der Waals surface area contributed by atoms with Crippen molar-refractivity contribution in [2.75, 3.05) is 13.2 Å². The van der Waals surface area contributed by atoms with Crippen LogP contribution in [0.5, 0.6) is 11.5 Å². The van der Waals surface area contributed by atoms with Gasteiger partial charge in [-0.1, -0.05) is 35.5 Å². The van der Waals surface area contributed by atoms with Gasteiger partial charge in [0.05, 0.1) is 18.8 Å². The van der Waals surface area contributed by atoms with Gasteiger partial charge in [-0.05, 0) is 32.0 Å². The Bertz CT molecular complexity index is 714. The molecule has 0 aromatic heterocycles. The summed E-state index contributed by atoms with van der Waals surface area (Å²) in [5.41, 5.74) is 6.76. The lowest BCUT2D eigenvalue weighted by Crippen LogP contribution is -2.15. The van der Waals surface area contributed by atoms with E-state index in [4.69, 9.17) is 20.0 Å². The summed E-state index contributed by atoms with van der Waals surface area (Å²) in [6, 6.07) is 13.9. The van der Waals surface area contributed by atoms with Crippen molar-refractivity contribution in [3.8, 4) is 11.5 Å². The van der Waals surface area contributed by atoms with Crippen molar-refractivity contribution in [1.82, 2.24) is 0 Å². The summed E-state index contributed by atoms with van der Waals surface area (Å²) in [4.78, 5) is 17.0. The summed E-state index contributed by atoms with van der Waals surface area (Å²) >= 11 is 0. The molecule has 2 rings (SSSR count). The topological polar surface area (TPSA) is 83.1 Å². The molecule has 0 fully saturated rings. The Hall–Kier alpha value is -3.02. The van der Waals surface area contributed by atoms with Gasteiger partial charge in [-0.2, -0.15) is 0 Å². The van der Waals surface area contributed by atoms with Crippen LogP contribution < -0.4 is 15.2 Å². The Morgan fingerprint density at radius 3 is 2.29 bits per heavy atom. The Balaban J connectivity index is 2.13. The third-order valence-electron chi connectivity index (χ3n) is 3.08. The zero-order chi connectivity index (χ0) is 17.4. The predicted octanol–water partition coefficient (Wildman–Crippen LogP) is 2.96. The number of hydrogen-bond donors (Lipinski definition) is 1. The first kappa shape index (κ1) is 17.3. The number of carbonyl (C=O) groups excluding carboxylic acids is 1. The highest BCUT2D eigenvalue weighted by atomic mass is 16.7. The van der Waals surface area contributed by atoms with Gasteiger partial charge in [0.1, 0.15) is 0 Å². The number of carbonyl (C=O) groups is 1. The maximum Gasteiger partial charge on any atom is 0.365 e. The molecule has 2 N–H and O–H groups in total. The van der Waals surface area contributed by atoms with E-state index in [1.807, 2.05) is 32.0 Å². The zero-order valence-electron chi connectivity index (χ0n) is 13.7. The molecule has 0 atom stereocenters. The van der Waals surface area contributed by atoms with Crippen LogP contribution in [0, 0.1) is 0 Å². The minimum Gasteiger partial charge on any atom is -0.490 e. The number of nitrogens with two attached hydrogens (primary N) is 1. The molecule has 24 heavy (non-hydrogen) atoms. The van der Waals surface area contributed by atoms with Gasteiger partial charge in [0.15, 0.2) is 17.3 Å². The molecule has 2 aromatic carbocycles. The number of hydrogen-bond acceptors (Lipinski definition) is 5. The van der Waals surface area contributed by atoms with Crippen molar-refractivity contribution in [3.05, 3.63) is 59.7 Å². The molecule has 0 unspecified atom stereocenters. The van der Waals surface area contributed by atoms with Crippen LogP contribution in [0.25, 0.3) is 0 Å². The minimum absolute atomic E-state index is 0.125. The minimum atomic E-state index is -0.627. The fourth-order valence-corrected chi connectivity index (χ4v) is 1.98. The molecule has 6 heteroatoms. The molecular formula is C18H20N2O4. The summed E-state index contributed by atoms with van der Waals surface area (Å²) in [5, 5.41) is 3.68. The Morgan fingerprint density at radius 1 is 0.958 bits per heavy atom. The lowest BCUT2D eigenvalue weighted by atomic mass is 10.2. The van der Waals surface area contributed by atoms with Crippen LogP contribution >= 0.6 is 0 Å². The molecule has 0 aliphatic heterocycles. The molecule has 6 nitrogen and oxygen atoms in total. The largest absolute Gasteiger partial charge is 0.490 e. The highest BCUT2D eigenvalue weighted by molar-refractivity contribution is 5.98. The zero-order valence-corrected chi connectivity index (χ0v) is 13.7. The van der Waals surface area contributed by atoms with Crippen molar-refractivity contribution >= 4 is 11.8 Å². The fraction of sp³-hybridized carbons (Fsp3) is 0.222. The number of ether oxygens (including phenoxy) is 2. The van der Waals surface area contributed by atoms with Crippen LogP contribution in [0.1, 0.15) is 29.8 Å². The molecule has 126 valence electrons. The summed E-state index contributed by atoms with van der Waals surface area (Å²) < 4.78 is 10.9. The summed E-state index contributed by atoms with van der Waals surface area (Å²) in [5.74, 6) is 0.551. The van der Waals surface area contributed by atoms with Crippen molar-refractivity contribution in [2.24, 2.45) is 10.9 Å². The average Bonchev–Trinajstić information content (AvgIpc) is 2.62. The SMILES string of the molecule is CCOc1ccc(C(=O)O/N=C(/N)c2ccccc2)cc1OCC. The third kappa shape index (κ3) is 4.49. The van der Waals surface area contributed by atoms with Crippen LogP contribution in [-0.2, 0) is 4.84 Å².